The molecule has 1 N–H and O–H groups in total. The number of halogens is 1. The fourth-order valence-corrected chi connectivity index (χ4v) is 1.51. The zero-order valence-corrected chi connectivity index (χ0v) is 7.38. The number of benzene rings is 1. The second kappa shape index (κ2) is 3.00. The molecule has 2 nitrogen and oxygen atoms in total. The summed E-state index contributed by atoms with van der Waals surface area (Å²) in [6.07, 6.45) is 0.0704. The van der Waals surface area contributed by atoms with E-state index in [1.54, 1.807) is 13.0 Å². The van der Waals surface area contributed by atoms with Crippen molar-refractivity contribution in [2.45, 2.75) is 19.4 Å². The van der Waals surface area contributed by atoms with Gasteiger partial charge in [-0.05, 0) is 18.6 Å². The lowest BCUT2D eigenvalue weighted by Gasteiger charge is -2.22. The van der Waals surface area contributed by atoms with Gasteiger partial charge in [0.2, 0.25) is 0 Å². The third-order valence-corrected chi connectivity index (χ3v) is 2.30. The van der Waals surface area contributed by atoms with Gasteiger partial charge >= 0.3 is 0 Å². The van der Waals surface area contributed by atoms with Crippen molar-refractivity contribution in [2.24, 2.45) is 0 Å². The van der Waals surface area contributed by atoms with E-state index in [0.717, 1.165) is 0 Å². The first-order chi connectivity index (χ1) is 6.18. The van der Waals surface area contributed by atoms with Crippen LogP contribution in [-0.2, 0) is 0 Å². The summed E-state index contributed by atoms with van der Waals surface area (Å²) in [5.74, 6) is 0.190. The van der Waals surface area contributed by atoms with Gasteiger partial charge in [0.25, 0.3) is 0 Å². The molecule has 0 aliphatic carbocycles. The van der Waals surface area contributed by atoms with Gasteiger partial charge in [0, 0.05) is 18.1 Å². The van der Waals surface area contributed by atoms with E-state index in [0.29, 0.717) is 29.9 Å². The minimum absolute atomic E-state index is 0.284. The van der Waals surface area contributed by atoms with Crippen LogP contribution >= 0.6 is 0 Å². The lowest BCUT2D eigenvalue weighted by molar-refractivity contribution is 0.115. The molecule has 1 aliphatic heterocycles. The molecule has 0 unspecified atom stereocenters. The van der Waals surface area contributed by atoms with Crippen LogP contribution in [0.1, 0.15) is 23.7 Å². The van der Waals surface area contributed by atoms with Crippen LogP contribution in [0, 0.1) is 12.7 Å². The molecule has 0 amide bonds. The molecular formula is C10H11FO2. The maximum Gasteiger partial charge on any atom is 0.129 e. The Kier molecular flexibility index (Phi) is 1.96. The normalized spacial score (nSPS) is 20.7. The van der Waals surface area contributed by atoms with Crippen molar-refractivity contribution < 1.29 is 14.2 Å². The van der Waals surface area contributed by atoms with Gasteiger partial charge in [-0.25, -0.2) is 4.39 Å². The van der Waals surface area contributed by atoms with E-state index in [2.05, 4.69) is 0 Å². The van der Waals surface area contributed by atoms with Crippen molar-refractivity contribution in [3.8, 4) is 5.75 Å². The fraction of sp³-hybridized carbons (Fsp3) is 0.400. The molecule has 0 saturated carbocycles. The summed E-state index contributed by atoms with van der Waals surface area (Å²) >= 11 is 0. The summed E-state index contributed by atoms with van der Waals surface area (Å²) in [4.78, 5) is 0. The smallest absolute Gasteiger partial charge is 0.129 e. The lowest BCUT2D eigenvalue weighted by Crippen LogP contribution is -2.14. The van der Waals surface area contributed by atoms with E-state index in [1.807, 2.05) is 0 Å². The number of fused-ring (bicyclic) bond motifs is 1. The van der Waals surface area contributed by atoms with Gasteiger partial charge < -0.3 is 9.84 Å². The minimum atomic E-state index is -0.511. The molecule has 1 aromatic rings. The molecule has 70 valence electrons. The van der Waals surface area contributed by atoms with Crippen LogP contribution in [0.5, 0.6) is 5.75 Å². The molecule has 0 fully saturated rings. The lowest BCUT2D eigenvalue weighted by atomic mass is 10.0. The third-order valence-electron chi connectivity index (χ3n) is 2.30. The summed E-state index contributed by atoms with van der Waals surface area (Å²) in [6.45, 7) is 2.13. The van der Waals surface area contributed by atoms with Crippen LogP contribution in [0.4, 0.5) is 4.39 Å². The molecule has 3 heteroatoms. The Balaban J connectivity index is 2.52. The first-order valence-electron chi connectivity index (χ1n) is 4.29. The molecule has 0 saturated heterocycles. The quantitative estimate of drug-likeness (QED) is 0.664. The van der Waals surface area contributed by atoms with Crippen LogP contribution in [0.3, 0.4) is 0 Å². The molecule has 1 atom stereocenters. The number of ether oxygens (including phenoxy) is 1. The Morgan fingerprint density at radius 3 is 3.08 bits per heavy atom. The average molecular weight is 182 g/mol. The van der Waals surface area contributed by atoms with Gasteiger partial charge in [-0.15, -0.1) is 0 Å². The summed E-state index contributed by atoms with van der Waals surface area (Å²) in [7, 11) is 0. The highest BCUT2D eigenvalue weighted by atomic mass is 19.1. The van der Waals surface area contributed by atoms with Crippen LogP contribution in [-0.4, -0.2) is 11.7 Å². The van der Waals surface area contributed by atoms with Crippen molar-refractivity contribution in [1.82, 2.24) is 0 Å². The molecule has 2 rings (SSSR count). The molecule has 1 aromatic carbocycles. The van der Waals surface area contributed by atoms with Gasteiger partial charge in [-0.1, -0.05) is 0 Å². The highest BCUT2D eigenvalue weighted by Gasteiger charge is 2.20. The van der Waals surface area contributed by atoms with Gasteiger partial charge in [-0.2, -0.15) is 0 Å². The fourth-order valence-electron chi connectivity index (χ4n) is 1.51. The van der Waals surface area contributed by atoms with E-state index in [4.69, 9.17) is 4.74 Å². The van der Waals surface area contributed by atoms with Crippen LogP contribution in [0.2, 0.25) is 0 Å². The maximum absolute atomic E-state index is 13.1. The third kappa shape index (κ3) is 1.40. The minimum Gasteiger partial charge on any atom is -0.493 e. The summed E-state index contributed by atoms with van der Waals surface area (Å²) < 4.78 is 18.3. The molecule has 1 heterocycles. The van der Waals surface area contributed by atoms with Crippen molar-refractivity contribution >= 4 is 0 Å². The van der Waals surface area contributed by atoms with Crippen LogP contribution in [0.25, 0.3) is 0 Å². The predicted molar refractivity (Wildman–Crippen MR) is 46.2 cm³/mol. The van der Waals surface area contributed by atoms with Crippen molar-refractivity contribution in [3.63, 3.8) is 0 Å². The molecule has 13 heavy (non-hydrogen) atoms. The van der Waals surface area contributed by atoms with E-state index in [1.165, 1.54) is 6.07 Å². The molecule has 0 aromatic heterocycles. The Hall–Kier alpha value is -1.09. The molecular weight excluding hydrogens is 171 g/mol. The topological polar surface area (TPSA) is 29.5 Å². The number of hydrogen-bond acceptors (Lipinski definition) is 2. The Labute approximate surface area is 76.0 Å². The van der Waals surface area contributed by atoms with Gasteiger partial charge in [-0.3, -0.25) is 0 Å². The highest BCUT2D eigenvalue weighted by Crippen LogP contribution is 2.33. The van der Waals surface area contributed by atoms with E-state index in [-0.39, 0.29) is 5.82 Å². The molecule has 0 radical (unpaired) electrons. The SMILES string of the molecule is Cc1cc2c(cc1F)OCC[C@@H]2O. The molecule has 0 bridgehead atoms. The molecule has 0 spiro atoms. The Bertz CT molecular complexity index is 336. The zero-order valence-electron chi connectivity index (χ0n) is 7.38. The standard InChI is InChI=1S/C10H11FO2/c1-6-4-7-9(12)2-3-13-10(7)5-8(6)11/h4-5,9,12H,2-3H2,1H3/t9-/m0/s1. The number of aryl methyl sites for hydroxylation is 1. The molecule has 1 aliphatic rings. The summed E-state index contributed by atoms with van der Waals surface area (Å²) in [5, 5.41) is 9.57. The highest BCUT2D eigenvalue weighted by molar-refractivity contribution is 5.40. The van der Waals surface area contributed by atoms with Crippen LogP contribution in [0.15, 0.2) is 12.1 Å². The average Bonchev–Trinajstić information content (AvgIpc) is 2.09. The summed E-state index contributed by atoms with van der Waals surface area (Å²) in [5.41, 5.74) is 1.24. The first-order valence-corrected chi connectivity index (χ1v) is 4.29. The van der Waals surface area contributed by atoms with Gasteiger partial charge in [0.15, 0.2) is 0 Å². The van der Waals surface area contributed by atoms with E-state index < -0.39 is 6.10 Å². The Morgan fingerprint density at radius 2 is 2.31 bits per heavy atom. The van der Waals surface area contributed by atoms with Gasteiger partial charge in [0.05, 0.1) is 12.7 Å². The second-order valence-electron chi connectivity index (χ2n) is 3.29. The van der Waals surface area contributed by atoms with Crippen molar-refractivity contribution in [1.29, 1.82) is 0 Å². The second-order valence-corrected chi connectivity index (χ2v) is 3.29. The summed E-state index contributed by atoms with van der Waals surface area (Å²) in [6, 6.07) is 2.99. The van der Waals surface area contributed by atoms with E-state index >= 15 is 0 Å². The number of rotatable bonds is 0. The van der Waals surface area contributed by atoms with Crippen LogP contribution < -0.4 is 4.74 Å². The first kappa shape index (κ1) is 8.51. The van der Waals surface area contributed by atoms with Crippen molar-refractivity contribution in [3.05, 3.63) is 29.1 Å². The zero-order chi connectivity index (χ0) is 9.42. The Morgan fingerprint density at radius 1 is 1.54 bits per heavy atom. The predicted octanol–water partition coefficient (Wildman–Crippen LogP) is 1.95. The van der Waals surface area contributed by atoms with Crippen molar-refractivity contribution in [2.75, 3.05) is 6.61 Å². The number of aliphatic hydroxyl groups is 1. The number of aliphatic hydroxyl groups excluding tert-OH is 1. The van der Waals surface area contributed by atoms with E-state index in [9.17, 15) is 9.50 Å². The largest absolute Gasteiger partial charge is 0.493 e. The maximum atomic E-state index is 13.1. The monoisotopic (exact) mass is 182 g/mol. The van der Waals surface area contributed by atoms with Gasteiger partial charge in [0.1, 0.15) is 11.6 Å². The number of hydrogen-bond donors (Lipinski definition) is 1.